The Balaban J connectivity index is 3.42. The molecular weight excluding hydrogens is 412 g/mol. The molecule has 0 aromatic rings. The van der Waals surface area contributed by atoms with Crippen molar-refractivity contribution in [2.45, 2.75) is 156 Å². The third kappa shape index (κ3) is 21.2. The molecule has 4 nitrogen and oxygen atoms in total. The molecule has 196 valence electrons. The molecule has 0 aliphatic heterocycles. The van der Waals surface area contributed by atoms with Gasteiger partial charge in [-0.3, -0.25) is 9.59 Å². The van der Waals surface area contributed by atoms with Crippen molar-refractivity contribution in [1.29, 1.82) is 0 Å². The van der Waals surface area contributed by atoms with Crippen molar-refractivity contribution >= 4 is 11.9 Å². The molecule has 0 bridgehead atoms. The van der Waals surface area contributed by atoms with Gasteiger partial charge in [-0.25, -0.2) is 0 Å². The van der Waals surface area contributed by atoms with Gasteiger partial charge in [0.15, 0.2) is 5.92 Å². The highest BCUT2D eigenvalue weighted by Gasteiger charge is 2.28. The van der Waals surface area contributed by atoms with Gasteiger partial charge in [-0.2, -0.15) is 0 Å². The molecule has 0 heterocycles. The Kier molecular flexibility index (Phi) is 24.7. The molecule has 0 aliphatic rings. The monoisotopic (exact) mass is 468 g/mol. The lowest BCUT2D eigenvalue weighted by Crippen LogP contribution is -2.28. The van der Waals surface area contributed by atoms with Crippen LogP contribution in [0.25, 0.3) is 0 Å². The maximum Gasteiger partial charge on any atom is 0.320 e. The molecule has 0 fully saturated rings. The topological polar surface area (TPSA) is 52.6 Å². The molecule has 0 saturated heterocycles. The maximum atomic E-state index is 12.0. The van der Waals surface area contributed by atoms with Gasteiger partial charge in [0, 0.05) is 0 Å². The molecular formula is C29H56O4. The van der Waals surface area contributed by atoms with E-state index in [1.165, 1.54) is 116 Å². The van der Waals surface area contributed by atoms with Crippen molar-refractivity contribution in [1.82, 2.24) is 0 Å². The largest absolute Gasteiger partial charge is 0.465 e. The van der Waals surface area contributed by atoms with Gasteiger partial charge in [0.05, 0.1) is 13.2 Å². The van der Waals surface area contributed by atoms with E-state index in [4.69, 9.17) is 9.47 Å². The highest BCUT2D eigenvalue weighted by atomic mass is 16.6. The second-order valence-corrected chi connectivity index (χ2v) is 9.56. The van der Waals surface area contributed by atoms with Gasteiger partial charge < -0.3 is 9.47 Å². The quantitative estimate of drug-likeness (QED) is 0.0762. The summed E-state index contributed by atoms with van der Waals surface area (Å²) in [5, 5.41) is 0. The highest BCUT2D eigenvalue weighted by molar-refractivity contribution is 5.94. The first-order chi connectivity index (χ1) is 16.2. The average molecular weight is 469 g/mol. The highest BCUT2D eigenvalue weighted by Crippen LogP contribution is 2.17. The minimum Gasteiger partial charge on any atom is -0.465 e. The van der Waals surface area contributed by atoms with Gasteiger partial charge in [-0.05, 0) is 20.3 Å². The number of carbonyl (C=O) groups excluding carboxylic acids is 2. The van der Waals surface area contributed by atoms with Crippen LogP contribution in [0.15, 0.2) is 0 Å². The van der Waals surface area contributed by atoms with Crippen LogP contribution in [0.3, 0.4) is 0 Å². The standard InChI is InChI=1S/C29H56O4/c1-4-7-8-9-10-11-12-13-14-15-16-17-18-19-20-21-22-23-24-25-26-27(28(30)32-5-2)29(31)33-6-3/h27H,4-26H2,1-3H3. The fourth-order valence-electron chi connectivity index (χ4n) is 4.42. The predicted octanol–water partition coefficient (Wildman–Crippen LogP) is 8.94. The van der Waals surface area contributed by atoms with Crippen LogP contribution < -0.4 is 0 Å². The van der Waals surface area contributed by atoms with Gasteiger partial charge in [0.2, 0.25) is 0 Å². The summed E-state index contributed by atoms with van der Waals surface area (Å²) in [7, 11) is 0. The Labute approximate surface area is 206 Å². The first-order valence-electron chi connectivity index (χ1n) is 14.5. The van der Waals surface area contributed by atoms with E-state index < -0.39 is 17.9 Å². The molecule has 33 heavy (non-hydrogen) atoms. The number of rotatable bonds is 25. The van der Waals surface area contributed by atoms with Crippen molar-refractivity contribution in [3.05, 3.63) is 0 Å². The Bertz CT molecular complexity index is 417. The van der Waals surface area contributed by atoms with Gasteiger partial charge in [0.1, 0.15) is 0 Å². The zero-order valence-electron chi connectivity index (χ0n) is 22.5. The Morgan fingerprint density at radius 1 is 0.455 bits per heavy atom. The van der Waals surface area contributed by atoms with E-state index in [1.807, 2.05) is 0 Å². The molecule has 0 N–H and O–H groups in total. The third-order valence-corrected chi connectivity index (χ3v) is 6.49. The Morgan fingerprint density at radius 3 is 1.00 bits per heavy atom. The summed E-state index contributed by atoms with van der Waals surface area (Å²) in [5.74, 6) is -1.62. The summed E-state index contributed by atoms with van der Waals surface area (Å²) >= 11 is 0. The maximum absolute atomic E-state index is 12.0. The zero-order chi connectivity index (χ0) is 24.4. The van der Waals surface area contributed by atoms with E-state index >= 15 is 0 Å². The number of ether oxygens (including phenoxy) is 2. The molecule has 0 aliphatic carbocycles. The van der Waals surface area contributed by atoms with Crippen LogP contribution in [0.1, 0.15) is 156 Å². The Hall–Kier alpha value is -1.06. The number of hydrogen-bond acceptors (Lipinski definition) is 4. The molecule has 0 rings (SSSR count). The van der Waals surface area contributed by atoms with E-state index in [2.05, 4.69) is 6.92 Å². The molecule has 0 amide bonds. The molecule has 0 saturated carbocycles. The van der Waals surface area contributed by atoms with Crippen LogP contribution in [0.5, 0.6) is 0 Å². The summed E-state index contributed by atoms with van der Waals surface area (Å²) in [6, 6.07) is 0. The van der Waals surface area contributed by atoms with Crippen molar-refractivity contribution in [2.24, 2.45) is 5.92 Å². The lowest BCUT2D eigenvalue weighted by molar-refractivity contribution is -0.161. The first-order valence-corrected chi connectivity index (χ1v) is 14.5. The van der Waals surface area contributed by atoms with Crippen molar-refractivity contribution in [2.75, 3.05) is 13.2 Å². The van der Waals surface area contributed by atoms with Crippen LogP contribution in [-0.4, -0.2) is 25.2 Å². The number of carbonyl (C=O) groups is 2. The predicted molar refractivity (Wildman–Crippen MR) is 139 cm³/mol. The van der Waals surface area contributed by atoms with E-state index in [9.17, 15) is 9.59 Å². The summed E-state index contributed by atoms with van der Waals surface area (Å²) < 4.78 is 10.1. The minimum atomic E-state index is -0.750. The average Bonchev–Trinajstić information content (AvgIpc) is 2.80. The molecule has 0 radical (unpaired) electrons. The van der Waals surface area contributed by atoms with E-state index in [0.29, 0.717) is 19.6 Å². The van der Waals surface area contributed by atoms with Gasteiger partial charge in [0.25, 0.3) is 0 Å². The number of unbranched alkanes of at least 4 members (excludes halogenated alkanes) is 19. The summed E-state index contributed by atoms with van der Waals surface area (Å²) in [5.41, 5.74) is 0. The van der Waals surface area contributed by atoms with Crippen LogP contribution in [0, 0.1) is 5.92 Å². The third-order valence-electron chi connectivity index (χ3n) is 6.49. The van der Waals surface area contributed by atoms with E-state index in [-0.39, 0.29) is 0 Å². The SMILES string of the molecule is CCCCCCCCCCCCCCCCCCCCCCC(C(=O)OCC)C(=O)OCC. The summed E-state index contributed by atoms with van der Waals surface area (Å²) in [4.78, 5) is 23.9. The first kappa shape index (κ1) is 31.9. The normalized spacial score (nSPS) is 11.2. The van der Waals surface area contributed by atoms with Crippen molar-refractivity contribution < 1.29 is 19.1 Å². The lowest BCUT2D eigenvalue weighted by atomic mass is 9.99. The van der Waals surface area contributed by atoms with Gasteiger partial charge >= 0.3 is 11.9 Å². The van der Waals surface area contributed by atoms with Crippen LogP contribution in [-0.2, 0) is 19.1 Å². The lowest BCUT2D eigenvalue weighted by Gasteiger charge is -2.14. The van der Waals surface area contributed by atoms with Crippen molar-refractivity contribution in [3.63, 3.8) is 0 Å². The fraction of sp³-hybridized carbons (Fsp3) is 0.931. The van der Waals surface area contributed by atoms with E-state index in [1.54, 1.807) is 13.8 Å². The smallest absolute Gasteiger partial charge is 0.320 e. The number of esters is 2. The molecule has 0 unspecified atom stereocenters. The zero-order valence-corrected chi connectivity index (χ0v) is 22.5. The number of hydrogen-bond donors (Lipinski definition) is 0. The molecule has 0 spiro atoms. The van der Waals surface area contributed by atoms with Gasteiger partial charge in [-0.15, -0.1) is 0 Å². The summed E-state index contributed by atoms with van der Waals surface area (Å²) in [6.45, 7) is 6.41. The fourth-order valence-corrected chi connectivity index (χ4v) is 4.42. The molecule has 4 heteroatoms. The van der Waals surface area contributed by atoms with Crippen molar-refractivity contribution in [3.8, 4) is 0 Å². The van der Waals surface area contributed by atoms with Crippen LogP contribution >= 0.6 is 0 Å². The second kappa shape index (κ2) is 25.6. The minimum absolute atomic E-state index is 0.300. The summed E-state index contributed by atoms with van der Waals surface area (Å²) in [6.07, 6.45) is 27.4. The molecule has 0 aromatic heterocycles. The molecule has 0 aromatic carbocycles. The Morgan fingerprint density at radius 2 is 0.727 bits per heavy atom. The molecule has 0 atom stereocenters. The van der Waals surface area contributed by atoms with Crippen LogP contribution in [0.2, 0.25) is 0 Å². The van der Waals surface area contributed by atoms with Gasteiger partial charge in [-0.1, -0.05) is 135 Å². The van der Waals surface area contributed by atoms with E-state index in [0.717, 1.165) is 12.8 Å². The van der Waals surface area contributed by atoms with Crippen LogP contribution in [0.4, 0.5) is 0 Å². The second-order valence-electron chi connectivity index (χ2n) is 9.56.